The molecule has 1 fully saturated rings. The zero-order chi connectivity index (χ0) is 10.6. The monoisotopic (exact) mass is 196 g/mol. The highest BCUT2D eigenvalue weighted by Gasteiger charge is 2.26. The van der Waals surface area contributed by atoms with Crippen molar-refractivity contribution in [3.8, 4) is 0 Å². The van der Waals surface area contributed by atoms with Crippen molar-refractivity contribution < 1.29 is 4.79 Å². The number of hydrogen-bond donors (Lipinski definition) is 2. The molecule has 0 aromatic rings. The average Bonchev–Trinajstić information content (AvgIpc) is 2.12. The highest BCUT2D eigenvalue weighted by molar-refractivity contribution is 6.33. The van der Waals surface area contributed by atoms with Gasteiger partial charge in [-0.3, -0.25) is 9.79 Å². The van der Waals surface area contributed by atoms with Gasteiger partial charge in [0, 0.05) is 32.1 Å². The third-order valence-electron chi connectivity index (χ3n) is 2.22. The minimum atomic E-state index is -0.0834. The minimum absolute atomic E-state index is 0.0834. The van der Waals surface area contributed by atoms with Crippen LogP contribution in [-0.2, 0) is 4.79 Å². The topological polar surface area (TPSA) is 79.8 Å². The number of rotatable bonds is 2. The van der Waals surface area contributed by atoms with Gasteiger partial charge in [-0.15, -0.1) is 0 Å². The van der Waals surface area contributed by atoms with Crippen molar-refractivity contribution in [1.29, 1.82) is 0 Å². The summed E-state index contributed by atoms with van der Waals surface area (Å²) in [4.78, 5) is 15.2. The Kier molecular flexibility index (Phi) is 3.76. The molecule has 5 nitrogen and oxygen atoms in total. The maximum Gasteiger partial charge on any atom is 0.136 e. The molecule has 1 aliphatic rings. The highest BCUT2D eigenvalue weighted by Crippen LogP contribution is 2.09. The Hall–Kier alpha value is -1.23. The second-order valence-corrected chi connectivity index (χ2v) is 3.51. The first-order valence-electron chi connectivity index (χ1n) is 4.65. The first kappa shape index (κ1) is 10.8. The highest BCUT2D eigenvalue weighted by atomic mass is 16.1. The van der Waals surface area contributed by atoms with Crippen LogP contribution in [0.25, 0.3) is 0 Å². The standard InChI is InChI=1S/C9H16N4O/c1-6-3-7(14)4-8(12-6)9(13-10)5-11-2/h5-6,8,12H,3-4,10H2,1-2H3/b11-5?,13-9+/t6-,8-/m0/s1. The maximum atomic E-state index is 11.3. The van der Waals surface area contributed by atoms with Gasteiger partial charge in [0.05, 0.1) is 11.8 Å². The van der Waals surface area contributed by atoms with Crippen LogP contribution in [0.15, 0.2) is 10.1 Å². The van der Waals surface area contributed by atoms with Crippen LogP contribution < -0.4 is 11.2 Å². The summed E-state index contributed by atoms with van der Waals surface area (Å²) < 4.78 is 0. The number of Topliss-reactive ketones (excluding diaryl/α,β-unsaturated/α-hetero) is 1. The summed E-state index contributed by atoms with van der Waals surface area (Å²) in [6.45, 7) is 1.97. The van der Waals surface area contributed by atoms with Crippen LogP contribution >= 0.6 is 0 Å². The first-order chi connectivity index (χ1) is 6.67. The number of carbonyl (C=O) groups excluding carboxylic acids is 1. The molecule has 14 heavy (non-hydrogen) atoms. The number of nitrogens with two attached hydrogens (primary N) is 1. The number of piperidine rings is 1. The van der Waals surface area contributed by atoms with Crippen molar-refractivity contribution in [3.63, 3.8) is 0 Å². The van der Waals surface area contributed by atoms with E-state index in [2.05, 4.69) is 15.4 Å². The van der Waals surface area contributed by atoms with E-state index in [1.807, 2.05) is 6.92 Å². The smallest absolute Gasteiger partial charge is 0.136 e. The third-order valence-corrected chi connectivity index (χ3v) is 2.22. The van der Waals surface area contributed by atoms with E-state index in [4.69, 9.17) is 5.84 Å². The molecule has 1 rings (SSSR count). The van der Waals surface area contributed by atoms with Crippen molar-refractivity contribution in [2.75, 3.05) is 7.05 Å². The van der Waals surface area contributed by atoms with E-state index in [1.54, 1.807) is 13.3 Å². The van der Waals surface area contributed by atoms with Gasteiger partial charge < -0.3 is 11.2 Å². The molecule has 0 radical (unpaired) electrons. The van der Waals surface area contributed by atoms with Crippen molar-refractivity contribution in [2.45, 2.75) is 31.8 Å². The number of aliphatic imine (C=N–C) groups is 1. The van der Waals surface area contributed by atoms with Crippen molar-refractivity contribution in [1.82, 2.24) is 5.32 Å². The molecule has 3 N–H and O–H groups in total. The summed E-state index contributed by atoms with van der Waals surface area (Å²) in [5.41, 5.74) is 0.632. The van der Waals surface area contributed by atoms with Crippen LogP contribution in [-0.4, -0.2) is 36.8 Å². The van der Waals surface area contributed by atoms with Gasteiger partial charge in [-0.2, -0.15) is 5.10 Å². The summed E-state index contributed by atoms with van der Waals surface area (Å²) in [6.07, 6.45) is 2.62. The molecule has 0 unspecified atom stereocenters. The molecule has 78 valence electrons. The molecule has 2 atom stereocenters. The number of hydrogen-bond acceptors (Lipinski definition) is 5. The fourth-order valence-corrected chi connectivity index (χ4v) is 1.65. The molecular formula is C9H16N4O. The first-order valence-corrected chi connectivity index (χ1v) is 4.65. The van der Waals surface area contributed by atoms with Gasteiger partial charge in [-0.25, -0.2) is 0 Å². The summed E-state index contributed by atoms with van der Waals surface area (Å²) in [7, 11) is 1.65. The van der Waals surface area contributed by atoms with E-state index >= 15 is 0 Å². The minimum Gasteiger partial charge on any atom is -0.323 e. The molecule has 1 saturated heterocycles. The summed E-state index contributed by atoms with van der Waals surface area (Å²) in [6, 6.07) is 0.100. The van der Waals surface area contributed by atoms with Crippen LogP contribution in [0.3, 0.4) is 0 Å². The van der Waals surface area contributed by atoms with Gasteiger partial charge in [0.15, 0.2) is 0 Å². The number of carbonyl (C=O) groups is 1. The molecule has 5 heteroatoms. The summed E-state index contributed by atoms with van der Waals surface area (Å²) >= 11 is 0. The lowest BCUT2D eigenvalue weighted by Gasteiger charge is -2.27. The largest absolute Gasteiger partial charge is 0.323 e. The fourth-order valence-electron chi connectivity index (χ4n) is 1.65. The van der Waals surface area contributed by atoms with Crippen LogP contribution in [0.2, 0.25) is 0 Å². The maximum absolute atomic E-state index is 11.3. The van der Waals surface area contributed by atoms with E-state index in [0.29, 0.717) is 18.6 Å². The zero-order valence-electron chi connectivity index (χ0n) is 8.53. The van der Waals surface area contributed by atoms with E-state index in [0.717, 1.165) is 0 Å². The van der Waals surface area contributed by atoms with E-state index < -0.39 is 0 Å². The Morgan fingerprint density at radius 2 is 2.36 bits per heavy atom. The Morgan fingerprint density at radius 1 is 1.64 bits per heavy atom. The van der Waals surface area contributed by atoms with E-state index in [1.165, 1.54) is 0 Å². The summed E-state index contributed by atoms with van der Waals surface area (Å²) in [5.74, 6) is 5.47. The van der Waals surface area contributed by atoms with Gasteiger partial charge in [-0.1, -0.05) is 0 Å². The van der Waals surface area contributed by atoms with Gasteiger partial charge in [0.2, 0.25) is 0 Å². The second-order valence-electron chi connectivity index (χ2n) is 3.51. The molecule has 0 aliphatic carbocycles. The van der Waals surface area contributed by atoms with Crippen LogP contribution in [0.1, 0.15) is 19.8 Å². The predicted octanol–water partition coefficient (Wildman–Crippen LogP) is -0.289. The number of hydrazone groups is 1. The molecular weight excluding hydrogens is 180 g/mol. The predicted molar refractivity (Wildman–Crippen MR) is 56.7 cm³/mol. The zero-order valence-corrected chi connectivity index (χ0v) is 8.53. The number of ketones is 1. The lowest BCUT2D eigenvalue weighted by Crippen LogP contribution is -2.49. The molecule has 1 aliphatic heterocycles. The molecule has 0 aromatic carbocycles. The molecule has 0 aromatic heterocycles. The van der Waals surface area contributed by atoms with Gasteiger partial charge >= 0.3 is 0 Å². The second kappa shape index (κ2) is 4.85. The van der Waals surface area contributed by atoms with Crippen molar-refractivity contribution >= 4 is 17.7 Å². The molecule has 0 spiro atoms. The lowest BCUT2D eigenvalue weighted by atomic mass is 9.95. The number of nitrogens with one attached hydrogen (secondary N) is 1. The van der Waals surface area contributed by atoms with Gasteiger partial charge in [0.25, 0.3) is 0 Å². The van der Waals surface area contributed by atoms with Crippen molar-refractivity contribution in [3.05, 3.63) is 0 Å². The van der Waals surface area contributed by atoms with Crippen molar-refractivity contribution in [2.24, 2.45) is 15.9 Å². The van der Waals surface area contributed by atoms with Crippen LogP contribution in [0, 0.1) is 0 Å². The Bertz CT molecular complexity index is 272. The Labute approximate surface area is 83.5 Å². The van der Waals surface area contributed by atoms with Crippen LogP contribution in [0.5, 0.6) is 0 Å². The Balaban J connectivity index is 2.71. The quantitative estimate of drug-likeness (QED) is 0.362. The molecule has 0 amide bonds. The Morgan fingerprint density at radius 3 is 2.86 bits per heavy atom. The van der Waals surface area contributed by atoms with E-state index in [-0.39, 0.29) is 17.9 Å². The molecule has 0 bridgehead atoms. The van der Waals surface area contributed by atoms with Gasteiger partial charge in [-0.05, 0) is 6.92 Å². The average molecular weight is 196 g/mol. The fraction of sp³-hybridized carbons (Fsp3) is 0.667. The number of nitrogens with zero attached hydrogens (tertiary/aromatic N) is 2. The lowest BCUT2D eigenvalue weighted by molar-refractivity contribution is -0.120. The van der Waals surface area contributed by atoms with E-state index in [9.17, 15) is 4.79 Å². The third kappa shape index (κ3) is 2.63. The van der Waals surface area contributed by atoms with Crippen LogP contribution in [0.4, 0.5) is 0 Å². The molecule has 1 heterocycles. The SMILES string of the molecule is CN=C/C(=N\N)[C@@H]1CC(=O)C[C@H](C)N1. The normalized spacial score (nSPS) is 29.9. The van der Waals surface area contributed by atoms with Gasteiger partial charge in [0.1, 0.15) is 5.78 Å². The molecule has 0 saturated carbocycles. The summed E-state index contributed by atoms with van der Waals surface area (Å²) in [5, 5.41) is 6.88.